The molecular formula is C23H28F6N4. The van der Waals surface area contributed by atoms with Crippen LogP contribution in [-0.2, 0) is 18.8 Å². The molecule has 1 aromatic carbocycles. The predicted molar refractivity (Wildman–Crippen MR) is 116 cm³/mol. The number of hydrogen-bond acceptors (Lipinski definition) is 4. The molecule has 0 fully saturated rings. The average Bonchev–Trinajstić information content (AvgIpc) is 2.72. The zero-order valence-corrected chi connectivity index (χ0v) is 18.9. The number of alkyl halides is 6. The standard InChI is InChI=1S/C23H28F6N4/c1-4-7-16(8-5-2)32-20-17-9-6-12-33(21(17)31-14(3)30-20)19-11-10-15(22(24,25)26)13-18(19)23(27,28)29/h10-11,13,16H,4-9,12H2,1-3H3,(H,30,31,32). The first-order chi connectivity index (χ1) is 15.5. The van der Waals surface area contributed by atoms with Crippen LogP contribution in [0.4, 0.5) is 43.7 Å². The summed E-state index contributed by atoms with van der Waals surface area (Å²) in [5, 5.41) is 3.45. The summed E-state index contributed by atoms with van der Waals surface area (Å²) in [6.07, 6.45) is -4.95. The van der Waals surface area contributed by atoms with Crippen molar-refractivity contribution in [3.63, 3.8) is 0 Å². The van der Waals surface area contributed by atoms with E-state index in [4.69, 9.17) is 0 Å². The van der Waals surface area contributed by atoms with Crippen LogP contribution in [0.15, 0.2) is 18.2 Å². The molecule has 0 unspecified atom stereocenters. The Hall–Kier alpha value is -2.52. The van der Waals surface area contributed by atoms with Gasteiger partial charge in [-0.3, -0.25) is 0 Å². The monoisotopic (exact) mass is 474 g/mol. The Morgan fingerprint density at radius 1 is 1.00 bits per heavy atom. The normalized spacial score (nSPS) is 14.5. The lowest BCUT2D eigenvalue weighted by Crippen LogP contribution is -2.30. The van der Waals surface area contributed by atoms with Crippen molar-refractivity contribution < 1.29 is 26.3 Å². The highest BCUT2D eigenvalue weighted by Gasteiger charge is 2.40. The summed E-state index contributed by atoms with van der Waals surface area (Å²) in [5.74, 6) is 1.29. The molecule has 2 aromatic rings. The molecule has 0 spiro atoms. The zero-order valence-electron chi connectivity index (χ0n) is 18.9. The number of nitrogens with one attached hydrogen (secondary N) is 1. The summed E-state index contributed by atoms with van der Waals surface area (Å²) in [5.41, 5.74) is -2.30. The van der Waals surface area contributed by atoms with E-state index in [9.17, 15) is 26.3 Å². The molecule has 10 heteroatoms. The van der Waals surface area contributed by atoms with Gasteiger partial charge >= 0.3 is 12.4 Å². The van der Waals surface area contributed by atoms with E-state index in [1.165, 1.54) is 4.90 Å². The van der Waals surface area contributed by atoms with Gasteiger partial charge in [-0.15, -0.1) is 0 Å². The van der Waals surface area contributed by atoms with Crippen molar-refractivity contribution in [1.29, 1.82) is 0 Å². The maximum absolute atomic E-state index is 13.8. The van der Waals surface area contributed by atoms with E-state index < -0.39 is 23.5 Å². The van der Waals surface area contributed by atoms with Gasteiger partial charge < -0.3 is 10.2 Å². The topological polar surface area (TPSA) is 41.1 Å². The third-order valence-corrected chi connectivity index (χ3v) is 5.70. The summed E-state index contributed by atoms with van der Waals surface area (Å²) >= 11 is 0. The van der Waals surface area contributed by atoms with Crippen LogP contribution in [0, 0.1) is 6.92 Å². The van der Waals surface area contributed by atoms with Crippen molar-refractivity contribution in [3.05, 3.63) is 40.7 Å². The molecule has 1 N–H and O–H groups in total. The first kappa shape index (κ1) is 25.1. The third kappa shape index (κ3) is 5.70. The van der Waals surface area contributed by atoms with E-state index in [0.717, 1.165) is 31.7 Å². The summed E-state index contributed by atoms with van der Waals surface area (Å²) in [6, 6.07) is 1.92. The van der Waals surface area contributed by atoms with Gasteiger partial charge in [0, 0.05) is 18.2 Å². The molecule has 0 saturated heterocycles. The van der Waals surface area contributed by atoms with Gasteiger partial charge in [0.15, 0.2) is 0 Å². The van der Waals surface area contributed by atoms with E-state index in [0.29, 0.717) is 41.9 Å². The predicted octanol–water partition coefficient (Wildman–Crippen LogP) is 7.29. The highest BCUT2D eigenvalue weighted by molar-refractivity contribution is 5.72. The molecule has 0 radical (unpaired) electrons. The minimum Gasteiger partial charge on any atom is -0.367 e. The molecule has 0 atom stereocenters. The van der Waals surface area contributed by atoms with Gasteiger partial charge in [-0.2, -0.15) is 26.3 Å². The van der Waals surface area contributed by atoms with Crippen LogP contribution in [0.25, 0.3) is 0 Å². The number of benzene rings is 1. The second kappa shape index (κ2) is 9.77. The number of rotatable bonds is 7. The van der Waals surface area contributed by atoms with E-state index >= 15 is 0 Å². The van der Waals surface area contributed by atoms with Crippen LogP contribution < -0.4 is 10.2 Å². The second-order valence-electron chi connectivity index (χ2n) is 8.32. The molecule has 1 aliphatic rings. The number of aromatic nitrogens is 2. The molecule has 1 aromatic heterocycles. The quantitative estimate of drug-likeness (QED) is 0.428. The molecule has 0 aliphatic carbocycles. The van der Waals surface area contributed by atoms with Gasteiger partial charge in [0.25, 0.3) is 0 Å². The van der Waals surface area contributed by atoms with Crippen LogP contribution >= 0.6 is 0 Å². The Bertz CT molecular complexity index is 965. The van der Waals surface area contributed by atoms with E-state index in [2.05, 4.69) is 29.1 Å². The van der Waals surface area contributed by atoms with Crippen molar-refractivity contribution in [2.75, 3.05) is 16.8 Å². The minimum absolute atomic E-state index is 0.172. The average molecular weight is 474 g/mol. The highest BCUT2D eigenvalue weighted by Crippen LogP contribution is 2.44. The van der Waals surface area contributed by atoms with Gasteiger partial charge in [0.05, 0.1) is 16.8 Å². The number of fused-ring (bicyclic) bond motifs is 1. The first-order valence-corrected chi connectivity index (χ1v) is 11.2. The zero-order chi connectivity index (χ0) is 24.4. The van der Waals surface area contributed by atoms with Crippen molar-refractivity contribution in [3.8, 4) is 0 Å². The lowest BCUT2D eigenvalue weighted by molar-refractivity contribution is -0.142. The van der Waals surface area contributed by atoms with Gasteiger partial charge in [-0.05, 0) is 50.8 Å². The molecule has 0 bridgehead atoms. The number of hydrogen-bond donors (Lipinski definition) is 1. The molecule has 3 rings (SSSR count). The largest absolute Gasteiger partial charge is 0.418 e. The molecule has 33 heavy (non-hydrogen) atoms. The van der Waals surface area contributed by atoms with E-state index in [1.807, 2.05) is 0 Å². The fourth-order valence-corrected chi connectivity index (χ4v) is 4.26. The van der Waals surface area contributed by atoms with Crippen LogP contribution in [0.2, 0.25) is 0 Å². The first-order valence-electron chi connectivity index (χ1n) is 11.2. The Morgan fingerprint density at radius 2 is 1.67 bits per heavy atom. The molecule has 0 amide bonds. The number of anilines is 3. The Morgan fingerprint density at radius 3 is 2.24 bits per heavy atom. The van der Waals surface area contributed by atoms with Crippen LogP contribution in [0.1, 0.15) is 68.5 Å². The summed E-state index contributed by atoms with van der Waals surface area (Å²) in [4.78, 5) is 10.3. The second-order valence-corrected chi connectivity index (χ2v) is 8.32. The van der Waals surface area contributed by atoms with Crippen LogP contribution in [0.5, 0.6) is 0 Å². The van der Waals surface area contributed by atoms with E-state index in [-0.39, 0.29) is 24.3 Å². The minimum atomic E-state index is -4.95. The Balaban J connectivity index is 2.10. The molecule has 1 aliphatic heterocycles. The lowest BCUT2D eigenvalue weighted by atomic mass is 10.0. The lowest BCUT2D eigenvalue weighted by Gasteiger charge is -2.34. The number of halogens is 6. The summed E-state index contributed by atoms with van der Waals surface area (Å²) in [6.45, 7) is 6.03. The Labute approximate surface area is 189 Å². The van der Waals surface area contributed by atoms with Gasteiger partial charge in [-0.25, -0.2) is 9.97 Å². The van der Waals surface area contributed by atoms with Crippen molar-refractivity contribution >= 4 is 17.3 Å². The van der Waals surface area contributed by atoms with Gasteiger partial charge in [-0.1, -0.05) is 26.7 Å². The van der Waals surface area contributed by atoms with Crippen molar-refractivity contribution in [2.45, 2.75) is 77.7 Å². The molecule has 4 nitrogen and oxygen atoms in total. The molecule has 182 valence electrons. The molecule has 0 saturated carbocycles. The fraction of sp³-hybridized carbons (Fsp3) is 0.565. The summed E-state index contributed by atoms with van der Waals surface area (Å²) < 4.78 is 80.8. The van der Waals surface area contributed by atoms with E-state index in [1.54, 1.807) is 6.92 Å². The maximum atomic E-state index is 13.8. The number of nitrogens with zero attached hydrogens (tertiary/aromatic N) is 3. The van der Waals surface area contributed by atoms with Crippen molar-refractivity contribution in [1.82, 2.24) is 9.97 Å². The molecule has 2 heterocycles. The number of aryl methyl sites for hydroxylation is 1. The summed E-state index contributed by atoms with van der Waals surface area (Å²) in [7, 11) is 0. The van der Waals surface area contributed by atoms with Crippen LogP contribution in [0.3, 0.4) is 0 Å². The smallest absolute Gasteiger partial charge is 0.367 e. The van der Waals surface area contributed by atoms with Crippen LogP contribution in [-0.4, -0.2) is 22.6 Å². The third-order valence-electron chi connectivity index (χ3n) is 5.70. The van der Waals surface area contributed by atoms with Gasteiger partial charge in [0.2, 0.25) is 0 Å². The maximum Gasteiger partial charge on any atom is 0.418 e. The SMILES string of the molecule is CCCC(CCC)Nc1nc(C)nc2c1CCCN2c1ccc(C(F)(F)F)cc1C(F)(F)F. The van der Waals surface area contributed by atoms with Gasteiger partial charge in [0.1, 0.15) is 17.5 Å². The highest BCUT2D eigenvalue weighted by atomic mass is 19.4. The van der Waals surface area contributed by atoms with Crippen molar-refractivity contribution in [2.24, 2.45) is 0 Å². The molecular weight excluding hydrogens is 446 g/mol. The Kier molecular flexibility index (Phi) is 7.43. The fourth-order valence-electron chi connectivity index (χ4n) is 4.26.